The molecule has 0 radical (unpaired) electrons. The molecule has 16 heavy (non-hydrogen) atoms. The molecule has 0 aromatic carbocycles. The molecule has 0 aromatic rings. The summed E-state index contributed by atoms with van der Waals surface area (Å²) in [6.45, 7) is 11.4. The zero-order chi connectivity index (χ0) is 12.1. The summed E-state index contributed by atoms with van der Waals surface area (Å²) in [6, 6.07) is 0. The van der Waals surface area contributed by atoms with Crippen LogP contribution >= 0.6 is 0 Å². The summed E-state index contributed by atoms with van der Waals surface area (Å²) in [5, 5.41) is 0.484. The molecule has 1 aliphatic heterocycles. The molecule has 0 bridgehead atoms. The van der Waals surface area contributed by atoms with Crippen LogP contribution < -0.4 is 0 Å². The van der Waals surface area contributed by atoms with Gasteiger partial charge in [0.15, 0.2) is 0 Å². The van der Waals surface area contributed by atoms with Crippen LogP contribution in [-0.2, 0) is 4.79 Å². The molecule has 1 amide bonds. The monoisotopic (exact) mass is 257 g/mol. The first kappa shape index (κ1) is 14.0. The Kier molecular flexibility index (Phi) is 5.76. The molecule has 0 spiro atoms. The standard InChI is InChI=1S/C12H27NOSi2/c1-15(2)12(16(3)4)11(14)13-9-7-5-6-8-10-13/h12,15-16H,5-10H2,1-4H3. The first-order valence-corrected chi connectivity index (χ1v) is 12.8. The number of nitrogens with zero attached hydrogens (tertiary/aromatic N) is 1. The average molecular weight is 258 g/mol. The Morgan fingerprint density at radius 2 is 1.38 bits per heavy atom. The lowest BCUT2D eigenvalue weighted by atomic mass is 10.2. The lowest BCUT2D eigenvalue weighted by Gasteiger charge is -2.29. The second-order valence-corrected chi connectivity index (χ2v) is 12.9. The Bertz CT molecular complexity index is 215. The van der Waals surface area contributed by atoms with Crippen LogP contribution in [-0.4, -0.2) is 41.5 Å². The van der Waals surface area contributed by atoms with Gasteiger partial charge in [-0.1, -0.05) is 39.0 Å². The van der Waals surface area contributed by atoms with Crippen molar-refractivity contribution in [3.63, 3.8) is 0 Å². The van der Waals surface area contributed by atoms with Gasteiger partial charge in [-0.05, 0) is 12.8 Å². The van der Waals surface area contributed by atoms with Crippen molar-refractivity contribution in [3.05, 3.63) is 0 Å². The van der Waals surface area contributed by atoms with Crippen LogP contribution in [0.5, 0.6) is 0 Å². The highest BCUT2D eigenvalue weighted by molar-refractivity contribution is 6.82. The van der Waals surface area contributed by atoms with Gasteiger partial charge in [0.25, 0.3) is 0 Å². The maximum Gasteiger partial charge on any atom is 0.219 e. The number of likely N-dealkylation sites (tertiary alicyclic amines) is 1. The average Bonchev–Trinajstić information content (AvgIpc) is 2.43. The highest BCUT2D eigenvalue weighted by Crippen LogP contribution is 2.21. The van der Waals surface area contributed by atoms with Crippen LogP contribution in [0, 0.1) is 0 Å². The van der Waals surface area contributed by atoms with Gasteiger partial charge in [-0.3, -0.25) is 4.79 Å². The maximum absolute atomic E-state index is 12.5. The summed E-state index contributed by atoms with van der Waals surface area (Å²) in [5.41, 5.74) is 0. The van der Waals surface area contributed by atoms with Gasteiger partial charge in [-0.25, -0.2) is 0 Å². The number of hydrogen-bond donors (Lipinski definition) is 0. The quantitative estimate of drug-likeness (QED) is 0.710. The van der Waals surface area contributed by atoms with Gasteiger partial charge < -0.3 is 4.90 Å². The van der Waals surface area contributed by atoms with Crippen molar-refractivity contribution >= 4 is 23.5 Å². The van der Waals surface area contributed by atoms with E-state index in [0.29, 0.717) is 11.1 Å². The van der Waals surface area contributed by atoms with E-state index in [0.717, 1.165) is 13.1 Å². The molecule has 0 N–H and O–H groups in total. The summed E-state index contributed by atoms with van der Waals surface area (Å²) in [7, 11) is -1.63. The van der Waals surface area contributed by atoms with Crippen molar-refractivity contribution in [1.29, 1.82) is 0 Å². The molecule has 0 atom stereocenters. The van der Waals surface area contributed by atoms with Crippen molar-refractivity contribution in [2.45, 2.75) is 57.0 Å². The summed E-state index contributed by atoms with van der Waals surface area (Å²) < 4.78 is 0. The Labute approximate surface area is 104 Å². The van der Waals surface area contributed by atoms with E-state index in [1.807, 2.05) is 0 Å². The molecule has 0 aromatic heterocycles. The van der Waals surface area contributed by atoms with E-state index in [2.05, 4.69) is 31.1 Å². The molecule has 1 rings (SSSR count). The van der Waals surface area contributed by atoms with Crippen LogP contribution in [0.15, 0.2) is 0 Å². The van der Waals surface area contributed by atoms with Crippen molar-refractivity contribution in [1.82, 2.24) is 4.90 Å². The Hall–Kier alpha value is -0.0962. The smallest absolute Gasteiger partial charge is 0.219 e. The Morgan fingerprint density at radius 3 is 1.75 bits per heavy atom. The normalized spacial score (nSPS) is 18.3. The highest BCUT2D eigenvalue weighted by Gasteiger charge is 2.30. The molecular formula is C12H27NOSi2. The third kappa shape index (κ3) is 3.73. The van der Waals surface area contributed by atoms with E-state index in [9.17, 15) is 4.79 Å². The molecule has 4 heteroatoms. The summed E-state index contributed by atoms with van der Waals surface area (Å²) in [4.78, 5) is 14.7. The van der Waals surface area contributed by atoms with E-state index < -0.39 is 17.6 Å². The highest BCUT2D eigenvalue weighted by atomic mass is 28.3. The largest absolute Gasteiger partial charge is 0.343 e. The van der Waals surface area contributed by atoms with Crippen LogP contribution in [0.1, 0.15) is 25.7 Å². The van der Waals surface area contributed by atoms with Gasteiger partial charge in [0.1, 0.15) is 0 Å². The zero-order valence-corrected chi connectivity index (χ0v) is 13.6. The molecule has 0 aliphatic carbocycles. The molecule has 0 unspecified atom stereocenters. The number of hydrogen-bond acceptors (Lipinski definition) is 1. The Balaban J connectivity index is 2.65. The van der Waals surface area contributed by atoms with E-state index >= 15 is 0 Å². The molecular weight excluding hydrogens is 230 g/mol. The predicted molar refractivity (Wildman–Crippen MR) is 76.6 cm³/mol. The van der Waals surface area contributed by atoms with Gasteiger partial charge in [0.05, 0.1) is 0 Å². The van der Waals surface area contributed by atoms with Gasteiger partial charge in [-0.15, -0.1) is 0 Å². The summed E-state index contributed by atoms with van der Waals surface area (Å²) in [6.07, 6.45) is 5.06. The molecule has 94 valence electrons. The van der Waals surface area contributed by atoms with E-state index in [1.54, 1.807) is 0 Å². The lowest BCUT2D eigenvalue weighted by Crippen LogP contribution is -2.43. The number of amides is 1. The zero-order valence-electron chi connectivity index (χ0n) is 11.3. The fourth-order valence-corrected chi connectivity index (χ4v) is 10.6. The van der Waals surface area contributed by atoms with Crippen LogP contribution in [0.2, 0.25) is 31.4 Å². The Morgan fingerprint density at radius 1 is 0.938 bits per heavy atom. The van der Waals surface area contributed by atoms with Gasteiger partial charge in [-0.2, -0.15) is 0 Å². The minimum atomic E-state index is -0.816. The van der Waals surface area contributed by atoms with Crippen LogP contribution in [0.4, 0.5) is 0 Å². The second kappa shape index (κ2) is 6.59. The minimum absolute atomic E-state index is 0.484. The topological polar surface area (TPSA) is 20.3 Å². The third-order valence-electron chi connectivity index (χ3n) is 3.64. The van der Waals surface area contributed by atoms with E-state index in [-0.39, 0.29) is 0 Å². The third-order valence-corrected chi connectivity index (χ3v) is 11.7. The van der Waals surface area contributed by atoms with E-state index in [1.165, 1.54) is 25.7 Å². The van der Waals surface area contributed by atoms with Crippen molar-refractivity contribution in [3.8, 4) is 0 Å². The van der Waals surface area contributed by atoms with Gasteiger partial charge in [0, 0.05) is 35.8 Å². The van der Waals surface area contributed by atoms with Crippen LogP contribution in [0.25, 0.3) is 0 Å². The fourth-order valence-electron chi connectivity index (χ4n) is 2.84. The first-order chi connectivity index (χ1) is 7.54. The van der Waals surface area contributed by atoms with Gasteiger partial charge >= 0.3 is 0 Å². The molecule has 1 fully saturated rings. The summed E-state index contributed by atoms with van der Waals surface area (Å²) >= 11 is 0. The minimum Gasteiger partial charge on any atom is -0.343 e. The van der Waals surface area contributed by atoms with Crippen molar-refractivity contribution < 1.29 is 4.79 Å². The fraction of sp³-hybridized carbons (Fsp3) is 0.917. The van der Waals surface area contributed by atoms with Gasteiger partial charge in [0.2, 0.25) is 5.91 Å². The first-order valence-electron chi connectivity index (χ1n) is 6.82. The maximum atomic E-state index is 12.5. The second-order valence-electron chi connectivity index (χ2n) is 5.75. The predicted octanol–water partition coefficient (Wildman–Crippen LogP) is 2.27. The molecule has 2 nitrogen and oxygen atoms in total. The number of rotatable bonds is 3. The SMILES string of the molecule is C[SiH](C)C(C(=O)N1CCCCCC1)[SiH](C)C. The van der Waals surface area contributed by atoms with Crippen molar-refractivity contribution in [2.75, 3.05) is 13.1 Å². The van der Waals surface area contributed by atoms with Crippen LogP contribution in [0.3, 0.4) is 0 Å². The number of carbonyl (C=O) groups is 1. The summed E-state index contributed by atoms with van der Waals surface area (Å²) in [5.74, 6) is 0.519. The molecule has 1 heterocycles. The number of carbonyl (C=O) groups excluding carboxylic acids is 1. The van der Waals surface area contributed by atoms with Crippen molar-refractivity contribution in [2.24, 2.45) is 0 Å². The molecule has 1 aliphatic rings. The lowest BCUT2D eigenvalue weighted by molar-refractivity contribution is -0.129. The molecule has 1 saturated heterocycles. The van der Waals surface area contributed by atoms with E-state index in [4.69, 9.17) is 0 Å². The molecule has 0 saturated carbocycles.